The van der Waals surface area contributed by atoms with Crippen LogP contribution >= 0.6 is 0 Å². The number of para-hydroxylation sites is 1. The first-order valence-electron chi connectivity index (χ1n) is 3.37. The molecule has 0 spiro atoms. The second-order valence-corrected chi connectivity index (χ2v) is 2.35. The van der Waals surface area contributed by atoms with Crippen molar-refractivity contribution in [3.05, 3.63) is 35.8 Å². The summed E-state index contributed by atoms with van der Waals surface area (Å²) < 4.78 is 0.558. The zero-order valence-corrected chi connectivity index (χ0v) is 6.08. The number of fused-ring (bicyclic) bond motifs is 1. The Balaban J connectivity index is 2.89. The fourth-order valence-electron chi connectivity index (χ4n) is 1.03. The predicted octanol–water partition coefficient (Wildman–Crippen LogP) is -0.607. The molecule has 0 atom stereocenters. The van der Waals surface area contributed by atoms with Crippen molar-refractivity contribution in [3.63, 3.8) is 0 Å². The van der Waals surface area contributed by atoms with Crippen molar-refractivity contribution in [2.45, 2.75) is 0 Å². The lowest BCUT2D eigenvalue weighted by molar-refractivity contribution is -0.981. The summed E-state index contributed by atoms with van der Waals surface area (Å²) >= 11 is 0. The van der Waals surface area contributed by atoms with Gasteiger partial charge in [0.15, 0.2) is 4.85 Å². The zero-order valence-electron chi connectivity index (χ0n) is 6.08. The molecule has 0 bridgehead atoms. The van der Waals surface area contributed by atoms with Crippen molar-refractivity contribution in [1.29, 1.82) is 0 Å². The van der Waals surface area contributed by atoms with Gasteiger partial charge in [-0.05, 0) is 6.07 Å². The molecule has 0 amide bonds. The maximum atomic E-state index is 11.1. The van der Waals surface area contributed by atoms with Crippen LogP contribution in [0, 0.1) is 5.21 Å². The minimum absolute atomic E-state index is 0.433. The average molecular weight is 164 g/mol. The van der Waals surface area contributed by atoms with Gasteiger partial charge < -0.3 is 5.21 Å². The van der Waals surface area contributed by atoms with Crippen molar-refractivity contribution < 1.29 is 14.8 Å². The third kappa shape index (κ3) is 0.914. The van der Waals surface area contributed by atoms with Gasteiger partial charge in [-0.3, -0.25) is 5.21 Å². The molecular weight excluding hydrogens is 158 g/mol. The summed E-state index contributed by atoms with van der Waals surface area (Å²) in [6.07, 6.45) is 0.947. The molecule has 0 radical (unpaired) electrons. The van der Waals surface area contributed by atoms with E-state index in [4.69, 9.17) is 5.21 Å². The smallest absolute Gasteiger partial charge is 0.495 e. The molecule has 0 aliphatic carbocycles. The van der Waals surface area contributed by atoms with E-state index in [0.717, 1.165) is 6.33 Å². The van der Waals surface area contributed by atoms with E-state index >= 15 is 0 Å². The lowest BCUT2D eigenvalue weighted by Crippen LogP contribution is -2.45. The van der Waals surface area contributed by atoms with Gasteiger partial charge >= 0.3 is 6.33 Å². The number of benzene rings is 1. The molecule has 1 N–H and O–H groups in total. The normalized spacial score (nSPS) is 10.3. The molecule has 0 aliphatic heterocycles. The highest BCUT2D eigenvalue weighted by Crippen LogP contribution is 2.01. The Bertz CT molecular complexity index is 430. The van der Waals surface area contributed by atoms with Crippen molar-refractivity contribution in [2.75, 3.05) is 0 Å². The Labute approximate surface area is 67.7 Å². The van der Waals surface area contributed by atoms with Gasteiger partial charge in [-0.1, -0.05) is 12.1 Å². The number of hydrogen-bond acceptors (Lipinski definition) is 3. The van der Waals surface area contributed by atoms with Crippen LogP contribution in [0.4, 0.5) is 0 Å². The fraction of sp³-hybridized carbons (Fsp3) is 0. The molecule has 2 aromatic rings. The van der Waals surface area contributed by atoms with E-state index in [1.807, 2.05) is 0 Å². The summed E-state index contributed by atoms with van der Waals surface area (Å²) in [6.45, 7) is 0. The predicted molar refractivity (Wildman–Crippen MR) is 38.1 cm³/mol. The SMILES string of the molecule is [O-][n+]1c[n+](O)nc2ccccc21. The van der Waals surface area contributed by atoms with Crippen LogP contribution in [-0.4, -0.2) is 10.3 Å². The maximum Gasteiger partial charge on any atom is 0.495 e. The van der Waals surface area contributed by atoms with Crippen LogP contribution in [0.2, 0.25) is 0 Å². The van der Waals surface area contributed by atoms with Crippen molar-refractivity contribution in [1.82, 2.24) is 5.10 Å². The number of nitrogens with zero attached hydrogens (tertiary/aromatic N) is 3. The topological polar surface area (TPSA) is 63.9 Å². The Morgan fingerprint density at radius 1 is 1.33 bits per heavy atom. The van der Waals surface area contributed by atoms with Gasteiger partial charge in [0.2, 0.25) is 5.52 Å². The fourth-order valence-corrected chi connectivity index (χ4v) is 1.03. The zero-order chi connectivity index (χ0) is 8.55. The second kappa shape index (κ2) is 2.30. The largest absolute Gasteiger partial charge is 0.614 e. The number of aromatic nitrogens is 3. The highest BCUT2D eigenvalue weighted by Gasteiger charge is 2.11. The Hall–Kier alpha value is -1.91. The van der Waals surface area contributed by atoms with Crippen molar-refractivity contribution >= 4 is 11.0 Å². The van der Waals surface area contributed by atoms with E-state index < -0.39 is 0 Å². The van der Waals surface area contributed by atoms with Gasteiger partial charge in [-0.15, -0.1) is 4.73 Å². The molecule has 1 heterocycles. The Kier molecular flexibility index (Phi) is 1.30. The molecular formula is C7H6N3O2+. The van der Waals surface area contributed by atoms with Crippen LogP contribution < -0.4 is 9.58 Å². The Morgan fingerprint density at radius 2 is 2.08 bits per heavy atom. The van der Waals surface area contributed by atoms with E-state index in [2.05, 4.69) is 5.10 Å². The highest BCUT2D eigenvalue weighted by molar-refractivity contribution is 5.69. The third-order valence-electron chi connectivity index (χ3n) is 1.54. The van der Waals surface area contributed by atoms with E-state index in [0.29, 0.717) is 20.6 Å². The first-order valence-corrected chi connectivity index (χ1v) is 3.37. The molecule has 60 valence electrons. The Morgan fingerprint density at radius 3 is 2.92 bits per heavy atom. The van der Waals surface area contributed by atoms with Crippen molar-refractivity contribution in [2.24, 2.45) is 0 Å². The molecule has 1 aromatic carbocycles. The summed E-state index contributed by atoms with van der Waals surface area (Å²) in [5, 5.41) is 23.7. The molecule has 5 heteroatoms. The standard InChI is InChI=1S/C7H6N3O2/c11-9-5-10(12)8-6-3-1-2-4-7(6)9/h1-5H,(H,8,12)/q+1. The van der Waals surface area contributed by atoms with Crippen LogP contribution in [0.3, 0.4) is 0 Å². The molecule has 0 saturated carbocycles. The number of rotatable bonds is 0. The summed E-state index contributed by atoms with van der Waals surface area (Å²) in [6, 6.07) is 6.77. The molecule has 5 nitrogen and oxygen atoms in total. The molecule has 0 fully saturated rings. The van der Waals surface area contributed by atoms with E-state index in [-0.39, 0.29) is 0 Å². The lowest BCUT2D eigenvalue weighted by Gasteiger charge is -1.93. The van der Waals surface area contributed by atoms with E-state index in [1.54, 1.807) is 24.3 Å². The third-order valence-corrected chi connectivity index (χ3v) is 1.54. The molecule has 0 aliphatic rings. The molecule has 2 rings (SSSR count). The summed E-state index contributed by atoms with van der Waals surface area (Å²) in [5.74, 6) is 0. The molecule has 12 heavy (non-hydrogen) atoms. The molecule has 1 aromatic heterocycles. The molecule has 0 saturated heterocycles. The van der Waals surface area contributed by atoms with Gasteiger partial charge in [0, 0.05) is 6.07 Å². The minimum atomic E-state index is 0.433. The lowest BCUT2D eigenvalue weighted by atomic mass is 10.3. The van der Waals surface area contributed by atoms with Crippen LogP contribution in [0.15, 0.2) is 30.6 Å². The average Bonchev–Trinajstić information content (AvgIpc) is 2.04. The summed E-state index contributed by atoms with van der Waals surface area (Å²) in [4.78, 5) is 0.495. The monoisotopic (exact) mass is 164 g/mol. The van der Waals surface area contributed by atoms with Crippen LogP contribution in [-0.2, 0) is 0 Å². The second-order valence-electron chi connectivity index (χ2n) is 2.35. The van der Waals surface area contributed by atoms with Gasteiger partial charge in [0.05, 0.1) is 5.10 Å². The van der Waals surface area contributed by atoms with Crippen LogP contribution in [0.5, 0.6) is 0 Å². The molecule has 0 unspecified atom stereocenters. The summed E-state index contributed by atoms with van der Waals surface area (Å²) in [7, 11) is 0. The first kappa shape index (κ1) is 6.78. The van der Waals surface area contributed by atoms with Crippen LogP contribution in [0.25, 0.3) is 11.0 Å². The minimum Gasteiger partial charge on any atom is -0.614 e. The van der Waals surface area contributed by atoms with Gasteiger partial charge in [0.25, 0.3) is 5.52 Å². The van der Waals surface area contributed by atoms with Crippen LogP contribution in [0.1, 0.15) is 0 Å². The van der Waals surface area contributed by atoms with Crippen molar-refractivity contribution in [3.8, 4) is 0 Å². The summed E-state index contributed by atoms with van der Waals surface area (Å²) in [5.41, 5.74) is 0.889. The van der Waals surface area contributed by atoms with Gasteiger partial charge in [-0.2, -0.15) is 0 Å². The van der Waals surface area contributed by atoms with Gasteiger partial charge in [0.1, 0.15) is 0 Å². The quantitative estimate of drug-likeness (QED) is 0.321. The van der Waals surface area contributed by atoms with Gasteiger partial charge in [-0.25, -0.2) is 0 Å². The number of hydrogen-bond donors (Lipinski definition) is 1. The van der Waals surface area contributed by atoms with E-state index in [9.17, 15) is 5.21 Å². The first-order chi connectivity index (χ1) is 5.77. The maximum absolute atomic E-state index is 11.1. The van der Waals surface area contributed by atoms with E-state index in [1.165, 1.54) is 0 Å². The highest BCUT2D eigenvalue weighted by atomic mass is 16.5.